The molecule has 7 nitrogen and oxygen atoms in total. The number of carbonyl (C=O) groups excluding carboxylic acids is 1. The number of hydrogen-bond donors (Lipinski definition) is 1. The van der Waals surface area contributed by atoms with Crippen molar-refractivity contribution in [2.45, 2.75) is 0 Å². The molecule has 0 aliphatic rings. The second kappa shape index (κ2) is 7.16. The van der Waals surface area contributed by atoms with Gasteiger partial charge in [-0.1, -0.05) is 12.1 Å². The molecule has 0 atom stereocenters. The van der Waals surface area contributed by atoms with Crippen LogP contribution in [0.15, 0.2) is 34.9 Å². The molecular formula is C12H11N3O4S. The van der Waals surface area contributed by atoms with Gasteiger partial charge in [-0.25, -0.2) is 4.79 Å². The van der Waals surface area contributed by atoms with Crippen molar-refractivity contribution in [1.82, 2.24) is 0 Å². The Balaban J connectivity index is 3.25. The number of hydrogen-bond acceptors (Lipinski definition) is 7. The molecule has 0 fully saturated rings. The minimum absolute atomic E-state index is 0.152. The van der Waals surface area contributed by atoms with Crippen molar-refractivity contribution in [3.05, 3.63) is 45.0 Å². The average Bonchev–Trinajstić information content (AvgIpc) is 2.46. The zero-order chi connectivity index (χ0) is 15.1. The lowest BCUT2D eigenvalue weighted by Crippen LogP contribution is -2.10. The van der Waals surface area contributed by atoms with Crippen LogP contribution in [0.2, 0.25) is 0 Å². The molecule has 0 aromatic heterocycles. The number of nitrogens with zero attached hydrogens (tertiary/aromatic N) is 2. The van der Waals surface area contributed by atoms with Crippen molar-refractivity contribution < 1.29 is 14.5 Å². The fourth-order valence-corrected chi connectivity index (χ4v) is 1.91. The second-order valence-electron chi connectivity index (χ2n) is 3.41. The summed E-state index contributed by atoms with van der Waals surface area (Å²) in [6, 6.07) is 7.67. The fourth-order valence-electron chi connectivity index (χ4n) is 1.37. The summed E-state index contributed by atoms with van der Waals surface area (Å²) in [4.78, 5) is 21.8. The second-order valence-corrected chi connectivity index (χ2v) is 4.23. The van der Waals surface area contributed by atoms with E-state index in [-0.39, 0.29) is 22.0 Å². The van der Waals surface area contributed by atoms with Crippen molar-refractivity contribution in [2.75, 3.05) is 18.7 Å². The van der Waals surface area contributed by atoms with Gasteiger partial charge < -0.3 is 10.1 Å². The third-order valence-electron chi connectivity index (χ3n) is 2.28. The predicted molar refractivity (Wildman–Crippen MR) is 74.9 cm³/mol. The Morgan fingerprint density at radius 3 is 2.65 bits per heavy atom. The van der Waals surface area contributed by atoms with Crippen LogP contribution in [0.3, 0.4) is 0 Å². The summed E-state index contributed by atoms with van der Waals surface area (Å²) in [7, 11) is 1.16. The van der Waals surface area contributed by atoms with Gasteiger partial charge in [0.05, 0.1) is 17.1 Å². The van der Waals surface area contributed by atoms with Gasteiger partial charge in [0, 0.05) is 6.07 Å². The maximum absolute atomic E-state index is 11.5. The molecule has 1 rings (SSSR count). The van der Waals surface area contributed by atoms with Crippen LogP contribution in [0.1, 0.15) is 0 Å². The van der Waals surface area contributed by atoms with Crippen molar-refractivity contribution in [3.8, 4) is 6.07 Å². The number of nitro groups is 1. The Hall–Kier alpha value is -2.53. The zero-order valence-corrected chi connectivity index (χ0v) is 11.6. The maximum Gasteiger partial charge on any atom is 0.351 e. The number of carbonyl (C=O) groups is 1. The van der Waals surface area contributed by atoms with E-state index in [1.165, 1.54) is 18.2 Å². The first kappa shape index (κ1) is 15.5. The number of rotatable bonds is 5. The van der Waals surface area contributed by atoms with Crippen LogP contribution in [0, 0.1) is 21.4 Å². The van der Waals surface area contributed by atoms with Crippen molar-refractivity contribution >= 4 is 29.1 Å². The zero-order valence-electron chi connectivity index (χ0n) is 10.7. The topological polar surface area (TPSA) is 105 Å². The smallest absolute Gasteiger partial charge is 0.351 e. The van der Waals surface area contributed by atoms with Crippen molar-refractivity contribution in [2.24, 2.45) is 0 Å². The number of benzene rings is 1. The molecule has 8 heteroatoms. The van der Waals surface area contributed by atoms with E-state index in [0.717, 1.165) is 18.9 Å². The molecule has 1 N–H and O–H groups in total. The first-order valence-electron chi connectivity index (χ1n) is 5.32. The Bertz CT molecular complexity index is 607. The van der Waals surface area contributed by atoms with Gasteiger partial charge in [-0.2, -0.15) is 5.26 Å². The Morgan fingerprint density at radius 2 is 2.15 bits per heavy atom. The highest BCUT2D eigenvalue weighted by Gasteiger charge is 2.19. The van der Waals surface area contributed by atoms with Gasteiger partial charge in [-0.3, -0.25) is 10.1 Å². The minimum Gasteiger partial charge on any atom is -0.465 e. The van der Waals surface area contributed by atoms with E-state index in [1.807, 2.05) is 0 Å². The lowest BCUT2D eigenvalue weighted by Gasteiger charge is -2.10. The molecule has 0 spiro atoms. The van der Waals surface area contributed by atoms with Crippen molar-refractivity contribution in [3.63, 3.8) is 0 Å². The van der Waals surface area contributed by atoms with Gasteiger partial charge >= 0.3 is 5.97 Å². The van der Waals surface area contributed by atoms with Crippen molar-refractivity contribution in [1.29, 1.82) is 5.26 Å². The van der Waals surface area contributed by atoms with E-state index < -0.39 is 10.9 Å². The lowest BCUT2D eigenvalue weighted by atomic mass is 10.2. The molecule has 0 aliphatic heterocycles. The van der Waals surface area contributed by atoms with Crippen LogP contribution in [-0.4, -0.2) is 24.3 Å². The number of methoxy groups -OCH3 is 1. The van der Waals surface area contributed by atoms with E-state index in [0.29, 0.717) is 0 Å². The van der Waals surface area contributed by atoms with Crippen LogP contribution < -0.4 is 5.32 Å². The molecule has 20 heavy (non-hydrogen) atoms. The van der Waals surface area contributed by atoms with Crippen LogP contribution in [0.5, 0.6) is 0 Å². The predicted octanol–water partition coefficient (Wildman–Crippen LogP) is 2.28. The van der Waals surface area contributed by atoms with Crippen LogP contribution in [-0.2, 0) is 9.53 Å². The van der Waals surface area contributed by atoms with Gasteiger partial charge in [0.15, 0.2) is 5.57 Å². The molecular weight excluding hydrogens is 282 g/mol. The molecule has 0 radical (unpaired) electrons. The number of para-hydroxylation sites is 2. The number of anilines is 1. The molecule has 0 saturated carbocycles. The molecule has 0 saturated heterocycles. The minimum atomic E-state index is -0.803. The van der Waals surface area contributed by atoms with E-state index >= 15 is 0 Å². The fraction of sp³-hybridized carbons (Fsp3) is 0.167. The number of esters is 1. The monoisotopic (exact) mass is 293 g/mol. The van der Waals surface area contributed by atoms with Crippen LogP contribution in [0.4, 0.5) is 11.4 Å². The summed E-state index contributed by atoms with van der Waals surface area (Å²) in [5.74, 6) is -0.803. The first-order chi connectivity index (χ1) is 9.54. The Morgan fingerprint density at radius 1 is 1.50 bits per heavy atom. The summed E-state index contributed by atoms with van der Waals surface area (Å²) in [6.45, 7) is 0. The molecule has 1 aromatic carbocycles. The normalized spacial score (nSPS) is 11.1. The maximum atomic E-state index is 11.5. The number of nitrogens with one attached hydrogen (secondary N) is 1. The van der Waals surface area contributed by atoms with Crippen LogP contribution in [0.25, 0.3) is 0 Å². The van der Waals surface area contributed by atoms with E-state index in [1.54, 1.807) is 18.4 Å². The van der Waals surface area contributed by atoms with Gasteiger partial charge in [0.1, 0.15) is 11.8 Å². The first-order valence-corrected chi connectivity index (χ1v) is 6.54. The molecule has 104 valence electrons. The van der Waals surface area contributed by atoms with Gasteiger partial charge in [0.25, 0.3) is 5.69 Å². The lowest BCUT2D eigenvalue weighted by molar-refractivity contribution is -0.383. The Kier molecular flexibility index (Phi) is 5.56. The third kappa shape index (κ3) is 3.49. The SMILES string of the molecule is COC(=O)/C(C#N)=C(\Nc1ccccc1[N+](=O)[O-])SC. The molecule has 0 amide bonds. The third-order valence-corrected chi connectivity index (χ3v) is 3.00. The highest BCUT2D eigenvalue weighted by molar-refractivity contribution is 8.02. The number of nitriles is 1. The molecule has 0 heterocycles. The van der Waals surface area contributed by atoms with Gasteiger partial charge in [-0.15, -0.1) is 11.8 Å². The summed E-state index contributed by atoms with van der Waals surface area (Å²) >= 11 is 1.08. The molecule has 0 bridgehead atoms. The highest BCUT2D eigenvalue weighted by atomic mass is 32.2. The van der Waals surface area contributed by atoms with Gasteiger partial charge in [0.2, 0.25) is 0 Å². The summed E-state index contributed by atoms with van der Waals surface area (Å²) < 4.78 is 4.49. The van der Waals surface area contributed by atoms with Crippen LogP contribution >= 0.6 is 11.8 Å². The highest BCUT2D eigenvalue weighted by Crippen LogP contribution is 2.28. The van der Waals surface area contributed by atoms with Gasteiger partial charge in [-0.05, 0) is 12.3 Å². The quantitative estimate of drug-likeness (QED) is 0.292. The number of ether oxygens (including phenoxy) is 1. The largest absolute Gasteiger partial charge is 0.465 e. The summed E-state index contributed by atoms with van der Waals surface area (Å²) in [6.07, 6.45) is 1.64. The number of nitro benzene ring substituents is 1. The average molecular weight is 293 g/mol. The molecule has 0 aliphatic carbocycles. The van der Waals surface area contributed by atoms with E-state index in [2.05, 4.69) is 10.1 Å². The molecule has 1 aromatic rings. The van der Waals surface area contributed by atoms with E-state index in [9.17, 15) is 14.9 Å². The van der Waals surface area contributed by atoms with E-state index in [4.69, 9.17) is 5.26 Å². The Labute approximate surface area is 119 Å². The molecule has 0 unspecified atom stereocenters. The summed E-state index contributed by atoms with van der Waals surface area (Å²) in [5, 5.41) is 22.8. The standard InChI is InChI=1S/C12H11N3O4S/c1-19-12(16)8(7-13)11(20-2)14-9-5-3-4-6-10(9)15(17)18/h3-6,14H,1-2H3/b11-8+. The number of thioether (sulfide) groups is 1. The summed E-state index contributed by atoms with van der Waals surface area (Å²) in [5.41, 5.74) is -0.196.